The minimum absolute atomic E-state index is 0.0436. The zero-order valence-corrected chi connectivity index (χ0v) is 9.85. The highest BCUT2D eigenvalue weighted by Crippen LogP contribution is 2.41. The first kappa shape index (κ1) is 10.9. The Morgan fingerprint density at radius 2 is 1.67 bits per heavy atom. The molecule has 0 aromatic heterocycles. The molecule has 0 radical (unpaired) electrons. The highest BCUT2D eigenvalue weighted by molar-refractivity contribution is 5.60. The molecule has 0 bridgehead atoms. The van der Waals surface area contributed by atoms with Gasteiger partial charge in [0.1, 0.15) is 6.29 Å². The molecule has 2 aliphatic rings. The SMILES string of the molecule is CC1(C=O)CCC2=C(CCCCCC2)C1. The Labute approximate surface area is 92.9 Å². The van der Waals surface area contributed by atoms with Crippen LogP contribution in [0.3, 0.4) is 0 Å². The van der Waals surface area contributed by atoms with Crippen molar-refractivity contribution in [2.45, 2.75) is 64.7 Å². The third-order valence-electron chi connectivity index (χ3n) is 4.11. The minimum atomic E-state index is -0.0436. The smallest absolute Gasteiger partial charge is 0.126 e. The second-order valence-electron chi connectivity index (χ2n) is 5.57. The molecule has 2 aliphatic carbocycles. The molecule has 0 amide bonds. The summed E-state index contributed by atoms with van der Waals surface area (Å²) in [7, 11) is 0. The number of hydrogen-bond donors (Lipinski definition) is 0. The van der Waals surface area contributed by atoms with Gasteiger partial charge in [-0.15, -0.1) is 0 Å². The van der Waals surface area contributed by atoms with E-state index < -0.39 is 0 Å². The van der Waals surface area contributed by atoms with Gasteiger partial charge in [0, 0.05) is 5.41 Å². The Morgan fingerprint density at radius 1 is 1.00 bits per heavy atom. The van der Waals surface area contributed by atoms with Gasteiger partial charge >= 0.3 is 0 Å². The molecule has 2 rings (SSSR count). The normalized spacial score (nSPS) is 32.9. The average molecular weight is 206 g/mol. The first-order valence-electron chi connectivity index (χ1n) is 6.40. The standard InChI is InChI=1S/C14H22O/c1-14(11-15)9-8-12-6-4-2-3-5-7-13(12)10-14/h11H,2-10H2,1H3. The van der Waals surface area contributed by atoms with Crippen LogP contribution < -0.4 is 0 Å². The van der Waals surface area contributed by atoms with Crippen molar-refractivity contribution in [2.24, 2.45) is 5.41 Å². The Hall–Kier alpha value is -0.590. The van der Waals surface area contributed by atoms with Crippen LogP contribution in [0.1, 0.15) is 64.7 Å². The molecule has 15 heavy (non-hydrogen) atoms. The lowest BCUT2D eigenvalue weighted by atomic mass is 9.71. The first-order valence-corrected chi connectivity index (χ1v) is 6.40. The minimum Gasteiger partial charge on any atom is -0.303 e. The van der Waals surface area contributed by atoms with E-state index in [1.54, 1.807) is 11.1 Å². The summed E-state index contributed by atoms with van der Waals surface area (Å²) < 4.78 is 0. The fraction of sp³-hybridized carbons (Fsp3) is 0.786. The fourth-order valence-electron chi connectivity index (χ4n) is 3.01. The summed E-state index contributed by atoms with van der Waals surface area (Å²) in [6.45, 7) is 2.13. The monoisotopic (exact) mass is 206 g/mol. The summed E-state index contributed by atoms with van der Waals surface area (Å²) in [4.78, 5) is 11.1. The molecule has 0 saturated carbocycles. The lowest BCUT2D eigenvalue weighted by Gasteiger charge is -2.33. The van der Waals surface area contributed by atoms with E-state index in [1.165, 1.54) is 51.2 Å². The lowest BCUT2D eigenvalue weighted by molar-refractivity contribution is -0.116. The van der Waals surface area contributed by atoms with Gasteiger partial charge in [0.05, 0.1) is 0 Å². The number of hydrogen-bond acceptors (Lipinski definition) is 1. The number of aldehydes is 1. The number of carbonyl (C=O) groups excluding carboxylic acids is 1. The Kier molecular flexibility index (Phi) is 3.28. The van der Waals surface area contributed by atoms with E-state index in [1.807, 2.05) is 0 Å². The molecule has 1 nitrogen and oxygen atoms in total. The van der Waals surface area contributed by atoms with Crippen molar-refractivity contribution in [1.82, 2.24) is 0 Å². The first-order chi connectivity index (χ1) is 7.23. The van der Waals surface area contributed by atoms with Gasteiger partial charge in [0.15, 0.2) is 0 Å². The molecule has 84 valence electrons. The average Bonchev–Trinajstić information content (AvgIpc) is 2.21. The van der Waals surface area contributed by atoms with Crippen LogP contribution in [0.4, 0.5) is 0 Å². The van der Waals surface area contributed by atoms with Crippen LogP contribution in [-0.4, -0.2) is 6.29 Å². The van der Waals surface area contributed by atoms with Crippen molar-refractivity contribution >= 4 is 6.29 Å². The van der Waals surface area contributed by atoms with E-state index in [4.69, 9.17) is 0 Å². The van der Waals surface area contributed by atoms with E-state index in [0.29, 0.717) is 0 Å². The molecule has 0 saturated heterocycles. The highest BCUT2D eigenvalue weighted by atomic mass is 16.1. The van der Waals surface area contributed by atoms with Crippen LogP contribution in [0.25, 0.3) is 0 Å². The summed E-state index contributed by atoms with van der Waals surface area (Å²) in [6, 6.07) is 0. The van der Waals surface area contributed by atoms with E-state index in [9.17, 15) is 4.79 Å². The second-order valence-corrected chi connectivity index (χ2v) is 5.57. The van der Waals surface area contributed by atoms with Gasteiger partial charge in [0.2, 0.25) is 0 Å². The maximum absolute atomic E-state index is 11.1. The Bertz CT molecular complexity index is 277. The maximum atomic E-state index is 11.1. The third-order valence-corrected chi connectivity index (χ3v) is 4.11. The number of carbonyl (C=O) groups is 1. The molecule has 0 N–H and O–H groups in total. The van der Waals surface area contributed by atoms with Crippen LogP contribution >= 0.6 is 0 Å². The Balaban J connectivity index is 2.14. The van der Waals surface area contributed by atoms with E-state index in [2.05, 4.69) is 6.92 Å². The van der Waals surface area contributed by atoms with Crippen molar-refractivity contribution < 1.29 is 4.79 Å². The predicted octanol–water partition coefficient (Wildman–Crippen LogP) is 4.03. The molecule has 0 aromatic rings. The fourth-order valence-corrected chi connectivity index (χ4v) is 3.01. The van der Waals surface area contributed by atoms with Crippen LogP contribution in [0.15, 0.2) is 11.1 Å². The summed E-state index contributed by atoms with van der Waals surface area (Å²) in [5.41, 5.74) is 3.29. The topological polar surface area (TPSA) is 17.1 Å². The molecular weight excluding hydrogens is 184 g/mol. The highest BCUT2D eigenvalue weighted by Gasteiger charge is 2.30. The van der Waals surface area contributed by atoms with Crippen LogP contribution in [0.5, 0.6) is 0 Å². The molecule has 0 heterocycles. The molecule has 0 aromatic carbocycles. The lowest BCUT2D eigenvalue weighted by Crippen LogP contribution is -2.24. The van der Waals surface area contributed by atoms with Gasteiger partial charge in [-0.1, -0.05) is 30.9 Å². The van der Waals surface area contributed by atoms with Crippen molar-refractivity contribution in [3.05, 3.63) is 11.1 Å². The zero-order chi connectivity index (χ0) is 10.7. The number of rotatable bonds is 1. The van der Waals surface area contributed by atoms with Gasteiger partial charge in [0.25, 0.3) is 0 Å². The van der Waals surface area contributed by atoms with Crippen molar-refractivity contribution in [3.8, 4) is 0 Å². The van der Waals surface area contributed by atoms with Gasteiger partial charge in [-0.3, -0.25) is 0 Å². The van der Waals surface area contributed by atoms with Gasteiger partial charge in [-0.05, 0) is 44.9 Å². The predicted molar refractivity (Wildman–Crippen MR) is 62.8 cm³/mol. The summed E-state index contributed by atoms with van der Waals surface area (Å²) in [6.07, 6.45) is 12.6. The largest absolute Gasteiger partial charge is 0.303 e. The zero-order valence-electron chi connectivity index (χ0n) is 9.85. The molecular formula is C14H22O. The maximum Gasteiger partial charge on any atom is 0.126 e. The van der Waals surface area contributed by atoms with Gasteiger partial charge in [-0.25, -0.2) is 0 Å². The molecule has 1 heteroatoms. The molecule has 0 spiro atoms. The van der Waals surface area contributed by atoms with Crippen molar-refractivity contribution in [3.63, 3.8) is 0 Å². The number of allylic oxidation sites excluding steroid dienone is 2. The van der Waals surface area contributed by atoms with E-state index in [-0.39, 0.29) is 5.41 Å². The molecule has 1 unspecified atom stereocenters. The quantitative estimate of drug-likeness (QED) is 0.467. The van der Waals surface area contributed by atoms with Gasteiger partial charge in [-0.2, -0.15) is 0 Å². The second kappa shape index (κ2) is 4.51. The summed E-state index contributed by atoms with van der Waals surface area (Å²) in [5, 5.41) is 0. The molecule has 1 atom stereocenters. The van der Waals surface area contributed by atoms with Crippen molar-refractivity contribution in [1.29, 1.82) is 0 Å². The van der Waals surface area contributed by atoms with E-state index >= 15 is 0 Å². The molecule has 0 fully saturated rings. The van der Waals surface area contributed by atoms with E-state index in [0.717, 1.165) is 12.8 Å². The summed E-state index contributed by atoms with van der Waals surface area (Å²) >= 11 is 0. The van der Waals surface area contributed by atoms with Crippen molar-refractivity contribution in [2.75, 3.05) is 0 Å². The summed E-state index contributed by atoms with van der Waals surface area (Å²) in [5.74, 6) is 0. The Morgan fingerprint density at radius 3 is 2.33 bits per heavy atom. The van der Waals surface area contributed by atoms with Gasteiger partial charge < -0.3 is 4.79 Å². The van der Waals surface area contributed by atoms with Crippen LogP contribution in [-0.2, 0) is 4.79 Å². The third kappa shape index (κ3) is 2.50. The van der Waals surface area contributed by atoms with Crippen LogP contribution in [0.2, 0.25) is 0 Å². The van der Waals surface area contributed by atoms with Crippen LogP contribution in [0, 0.1) is 5.41 Å². The molecule has 0 aliphatic heterocycles.